The molecule has 21 heavy (non-hydrogen) atoms. The Labute approximate surface area is 124 Å². The van der Waals surface area contributed by atoms with E-state index in [1.165, 1.54) is 0 Å². The van der Waals surface area contributed by atoms with Crippen molar-refractivity contribution in [3.63, 3.8) is 0 Å². The van der Waals surface area contributed by atoms with E-state index in [2.05, 4.69) is 0 Å². The van der Waals surface area contributed by atoms with E-state index in [9.17, 15) is 22.8 Å². The highest BCUT2D eigenvalue weighted by molar-refractivity contribution is 6.30. The molecule has 0 atom stereocenters. The number of carbonyl (C=O) groups is 2. The first-order chi connectivity index (χ1) is 9.82. The molecule has 0 aliphatic carbocycles. The maximum atomic E-state index is 12.5. The van der Waals surface area contributed by atoms with Crippen LogP contribution in [0.2, 0.25) is 0 Å². The maximum Gasteiger partial charge on any atom is 0.471 e. The molecule has 0 spiro atoms. The summed E-state index contributed by atoms with van der Waals surface area (Å²) in [7, 11) is 0. The summed E-state index contributed by atoms with van der Waals surface area (Å²) < 4.78 is 37.4. The molecule has 7 heteroatoms. The third-order valence-electron chi connectivity index (χ3n) is 3.48. The van der Waals surface area contributed by atoms with E-state index < -0.39 is 12.1 Å². The van der Waals surface area contributed by atoms with Gasteiger partial charge in [0, 0.05) is 18.7 Å². The van der Waals surface area contributed by atoms with E-state index in [-0.39, 0.29) is 24.8 Å². The van der Waals surface area contributed by atoms with Crippen LogP contribution in [-0.2, 0) is 17.6 Å². The van der Waals surface area contributed by atoms with E-state index in [0.717, 1.165) is 16.0 Å². The minimum Gasteiger partial charge on any atom is -0.334 e. The van der Waals surface area contributed by atoms with Crippen LogP contribution in [0.5, 0.6) is 0 Å². The number of ketones is 1. The minimum atomic E-state index is -4.85. The average molecular weight is 320 g/mol. The maximum absolute atomic E-state index is 12.5. The van der Waals surface area contributed by atoms with Crippen LogP contribution < -0.4 is 0 Å². The Morgan fingerprint density at radius 1 is 1.14 bits per heavy atom. The number of nitrogens with zero attached hydrogens (tertiary/aromatic N) is 1. The lowest BCUT2D eigenvalue weighted by Gasteiger charge is -2.21. The molecule has 1 aliphatic rings. The van der Waals surface area contributed by atoms with Gasteiger partial charge in [0.15, 0.2) is 5.78 Å². The molecule has 0 aromatic heterocycles. The molecular formula is C14H13ClF3NO2. The van der Waals surface area contributed by atoms with Crippen LogP contribution in [0.25, 0.3) is 0 Å². The molecule has 1 aromatic carbocycles. The van der Waals surface area contributed by atoms with Gasteiger partial charge in [0.05, 0.1) is 5.88 Å². The van der Waals surface area contributed by atoms with Gasteiger partial charge in [-0.15, -0.1) is 11.6 Å². The Hall–Kier alpha value is -1.56. The number of fused-ring (bicyclic) bond motifs is 1. The van der Waals surface area contributed by atoms with Gasteiger partial charge < -0.3 is 4.90 Å². The van der Waals surface area contributed by atoms with Crippen LogP contribution >= 0.6 is 11.6 Å². The zero-order chi connectivity index (χ0) is 15.6. The Balaban J connectivity index is 2.18. The highest BCUT2D eigenvalue weighted by atomic mass is 35.5. The fourth-order valence-corrected chi connectivity index (χ4v) is 2.51. The summed E-state index contributed by atoms with van der Waals surface area (Å²) >= 11 is 5.49. The Kier molecular flexibility index (Phi) is 4.56. The molecule has 2 rings (SSSR count). The number of Topliss-reactive ketones (excluding diaryl/α,β-unsaturated/α-hetero) is 1. The SMILES string of the molecule is O=C(CCl)c1ccc2c(c1)CCN(C(=O)C(F)(F)F)CC2. The minimum absolute atomic E-state index is 0.0101. The molecule has 1 aliphatic heterocycles. The Morgan fingerprint density at radius 3 is 2.33 bits per heavy atom. The lowest BCUT2D eigenvalue weighted by molar-refractivity contribution is -0.185. The molecular weight excluding hydrogens is 307 g/mol. The summed E-state index contributed by atoms with van der Waals surface area (Å²) in [5.41, 5.74) is 2.10. The summed E-state index contributed by atoms with van der Waals surface area (Å²) in [6, 6.07) is 4.99. The van der Waals surface area contributed by atoms with Crippen molar-refractivity contribution < 1.29 is 22.8 Å². The fourth-order valence-electron chi connectivity index (χ4n) is 2.36. The van der Waals surface area contributed by atoms with E-state index >= 15 is 0 Å². The number of carbonyl (C=O) groups excluding carboxylic acids is 2. The van der Waals surface area contributed by atoms with Gasteiger partial charge in [-0.25, -0.2) is 0 Å². The van der Waals surface area contributed by atoms with Crippen molar-refractivity contribution >= 4 is 23.3 Å². The van der Waals surface area contributed by atoms with Crippen LogP contribution in [0.15, 0.2) is 18.2 Å². The third kappa shape index (κ3) is 3.56. The molecule has 0 radical (unpaired) electrons. The van der Waals surface area contributed by atoms with Crippen molar-refractivity contribution in [1.29, 1.82) is 0 Å². The van der Waals surface area contributed by atoms with Gasteiger partial charge in [-0.05, 0) is 30.0 Å². The highest BCUT2D eigenvalue weighted by Gasteiger charge is 2.42. The third-order valence-corrected chi connectivity index (χ3v) is 3.72. The Bertz CT molecular complexity index is 572. The largest absolute Gasteiger partial charge is 0.471 e. The molecule has 0 bridgehead atoms. The van der Waals surface area contributed by atoms with Crippen molar-refractivity contribution in [3.05, 3.63) is 34.9 Å². The van der Waals surface area contributed by atoms with E-state index in [1.807, 2.05) is 0 Å². The number of benzene rings is 1. The molecule has 0 fully saturated rings. The van der Waals surface area contributed by atoms with Crippen LogP contribution in [0.4, 0.5) is 13.2 Å². The van der Waals surface area contributed by atoms with Gasteiger partial charge in [-0.2, -0.15) is 13.2 Å². The predicted octanol–water partition coefficient (Wildman–Crippen LogP) is 2.60. The van der Waals surface area contributed by atoms with E-state index in [4.69, 9.17) is 11.6 Å². The van der Waals surface area contributed by atoms with Crippen LogP contribution in [0.1, 0.15) is 21.5 Å². The molecule has 1 aromatic rings. The first kappa shape index (κ1) is 15.8. The molecule has 0 saturated heterocycles. The second-order valence-corrected chi connectivity index (χ2v) is 5.10. The van der Waals surface area contributed by atoms with Crippen LogP contribution in [0, 0.1) is 0 Å². The molecule has 114 valence electrons. The zero-order valence-corrected chi connectivity index (χ0v) is 11.8. The highest BCUT2D eigenvalue weighted by Crippen LogP contribution is 2.23. The quantitative estimate of drug-likeness (QED) is 0.621. The second kappa shape index (κ2) is 6.05. The van der Waals surface area contributed by atoms with Gasteiger partial charge >= 0.3 is 12.1 Å². The molecule has 1 amide bonds. The van der Waals surface area contributed by atoms with E-state index in [0.29, 0.717) is 18.4 Å². The first-order valence-electron chi connectivity index (χ1n) is 6.40. The van der Waals surface area contributed by atoms with Gasteiger partial charge in [0.25, 0.3) is 0 Å². The lowest BCUT2D eigenvalue weighted by Crippen LogP contribution is -2.42. The molecule has 1 heterocycles. The van der Waals surface area contributed by atoms with Crippen molar-refractivity contribution in [2.75, 3.05) is 19.0 Å². The average Bonchev–Trinajstić information content (AvgIpc) is 2.66. The number of amides is 1. The normalized spacial score (nSPS) is 15.3. The van der Waals surface area contributed by atoms with Crippen molar-refractivity contribution in [1.82, 2.24) is 4.90 Å². The predicted molar refractivity (Wildman–Crippen MR) is 71.5 cm³/mol. The summed E-state index contributed by atoms with van der Waals surface area (Å²) in [5.74, 6) is -2.18. The Morgan fingerprint density at radius 2 is 1.76 bits per heavy atom. The van der Waals surface area contributed by atoms with Crippen molar-refractivity contribution in [3.8, 4) is 0 Å². The molecule has 0 unspecified atom stereocenters. The first-order valence-corrected chi connectivity index (χ1v) is 6.93. The number of halogens is 4. The standard InChI is InChI=1S/C14H13ClF3NO2/c15-8-12(20)11-2-1-9-3-5-19(6-4-10(9)7-11)13(21)14(16,17)18/h1-2,7H,3-6,8H2. The van der Waals surface area contributed by atoms with Crippen molar-refractivity contribution in [2.45, 2.75) is 19.0 Å². The van der Waals surface area contributed by atoms with E-state index in [1.54, 1.807) is 18.2 Å². The molecule has 3 nitrogen and oxygen atoms in total. The summed E-state index contributed by atoms with van der Waals surface area (Å²) in [6.07, 6.45) is -4.22. The van der Waals surface area contributed by atoms with Crippen LogP contribution in [0.3, 0.4) is 0 Å². The van der Waals surface area contributed by atoms with Crippen molar-refractivity contribution in [2.24, 2.45) is 0 Å². The van der Waals surface area contributed by atoms with Gasteiger partial charge in [-0.3, -0.25) is 9.59 Å². The van der Waals surface area contributed by atoms with Gasteiger partial charge in [0.2, 0.25) is 0 Å². The molecule has 0 N–H and O–H groups in total. The smallest absolute Gasteiger partial charge is 0.334 e. The summed E-state index contributed by atoms with van der Waals surface area (Å²) in [6.45, 7) is 0.0119. The number of hydrogen-bond acceptors (Lipinski definition) is 2. The topological polar surface area (TPSA) is 37.4 Å². The number of hydrogen-bond donors (Lipinski definition) is 0. The zero-order valence-electron chi connectivity index (χ0n) is 11.0. The monoisotopic (exact) mass is 319 g/mol. The lowest BCUT2D eigenvalue weighted by atomic mass is 9.99. The second-order valence-electron chi connectivity index (χ2n) is 4.83. The number of alkyl halides is 4. The fraction of sp³-hybridized carbons (Fsp3) is 0.429. The van der Waals surface area contributed by atoms with Crippen LogP contribution in [-0.4, -0.2) is 41.7 Å². The summed E-state index contributed by atoms with van der Waals surface area (Å²) in [4.78, 5) is 23.6. The van der Waals surface area contributed by atoms with Gasteiger partial charge in [-0.1, -0.05) is 12.1 Å². The summed E-state index contributed by atoms with van der Waals surface area (Å²) in [5, 5.41) is 0. The number of rotatable bonds is 2. The van der Waals surface area contributed by atoms with Gasteiger partial charge in [0.1, 0.15) is 0 Å². The molecule has 0 saturated carbocycles.